The van der Waals surface area contributed by atoms with Gasteiger partial charge >= 0.3 is 5.97 Å². The summed E-state index contributed by atoms with van der Waals surface area (Å²) in [6.07, 6.45) is 4.01. The van der Waals surface area contributed by atoms with E-state index in [1.807, 2.05) is 12.1 Å². The van der Waals surface area contributed by atoms with Gasteiger partial charge in [-0.25, -0.2) is 14.8 Å². The lowest BCUT2D eigenvalue weighted by molar-refractivity contribution is 0.0697. The molecule has 1 aliphatic heterocycles. The molecule has 1 fully saturated rings. The Balaban J connectivity index is 1.75. The SMILES string of the molecule is CC1CCCN1c1nc2cc(C(=O)O)ccc2nc1-c1ccc2[nH]ncc2c1. The van der Waals surface area contributed by atoms with E-state index in [1.54, 1.807) is 24.4 Å². The fourth-order valence-corrected chi connectivity index (χ4v) is 3.91. The lowest BCUT2D eigenvalue weighted by Gasteiger charge is -2.25. The van der Waals surface area contributed by atoms with Crippen molar-refractivity contribution in [3.63, 3.8) is 0 Å². The first-order chi connectivity index (χ1) is 13.6. The van der Waals surface area contributed by atoms with E-state index in [4.69, 9.17) is 9.97 Å². The molecule has 7 nitrogen and oxygen atoms in total. The standard InChI is InChI=1S/C21H19N5O2/c1-12-3-2-8-26(12)20-19(13-4-6-16-15(9-13)11-22-25-16)23-17-7-5-14(21(27)28)10-18(17)24-20/h4-7,9-12H,2-3,8H2,1H3,(H,22,25)(H,27,28). The van der Waals surface area contributed by atoms with Gasteiger partial charge in [0.2, 0.25) is 0 Å². The average Bonchev–Trinajstić information content (AvgIpc) is 3.34. The van der Waals surface area contributed by atoms with Gasteiger partial charge in [-0.15, -0.1) is 0 Å². The number of carbonyl (C=O) groups is 1. The zero-order chi connectivity index (χ0) is 19.3. The Morgan fingerprint density at radius 2 is 2.07 bits per heavy atom. The van der Waals surface area contributed by atoms with Gasteiger partial charge in [0.05, 0.1) is 28.3 Å². The molecule has 0 aliphatic carbocycles. The van der Waals surface area contributed by atoms with Crippen LogP contribution in [0.5, 0.6) is 0 Å². The van der Waals surface area contributed by atoms with Gasteiger partial charge in [0, 0.05) is 23.5 Å². The second-order valence-corrected chi connectivity index (χ2v) is 7.26. The van der Waals surface area contributed by atoms with Crippen molar-refractivity contribution in [2.45, 2.75) is 25.8 Å². The van der Waals surface area contributed by atoms with Crippen LogP contribution in [0.4, 0.5) is 5.82 Å². The van der Waals surface area contributed by atoms with Crippen molar-refractivity contribution < 1.29 is 9.90 Å². The lowest BCUT2D eigenvalue weighted by Crippen LogP contribution is -2.28. The van der Waals surface area contributed by atoms with Gasteiger partial charge in [-0.05, 0) is 50.1 Å². The van der Waals surface area contributed by atoms with Gasteiger partial charge < -0.3 is 10.0 Å². The highest BCUT2D eigenvalue weighted by Gasteiger charge is 2.26. The van der Waals surface area contributed by atoms with E-state index in [2.05, 4.69) is 28.1 Å². The van der Waals surface area contributed by atoms with Gasteiger partial charge in [-0.3, -0.25) is 5.10 Å². The number of carboxylic acids is 1. The second kappa shape index (κ2) is 6.30. The molecule has 2 N–H and O–H groups in total. The number of aromatic amines is 1. The molecule has 0 radical (unpaired) electrons. The number of fused-ring (bicyclic) bond motifs is 2. The van der Waals surface area contributed by atoms with Gasteiger partial charge in [0.1, 0.15) is 5.69 Å². The van der Waals surface area contributed by atoms with Crippen molar-refractivity contribution in [3.05, 3.63) is 48.2 Å². The van der Waals surface area contributed by atoms with Gasteiger partial charge in [0.15, 0.2) is 5.82 Å². The molecular weight excluding hydrogens is 354 g/mol. The van der Waals surface area contributed by atoms with Crippen LogP contribution in [0.15, 0.2) is 42.6 Å². The van der Waals surface area contributed by atoms with Crippen LogP contribution in [0.3, 0.4) is 0 Å². The van der Waals surface area contributed by atoms with Crippen molar-refractivity contribution in [2.24, 2.45) is 0 Å². The first-order valence-electron chi connectivity index (χ1n) is 9.35. The third kappa shape index (κ3) is 2.67. The number of rotatable bonds is 3. The van der Waals surface area contributed by atoms with Crippen LogP contribution in [-0.4, -0.2) is 43.8 Å². The van der Waals surface area contributed by atoms with Crippen LogP contribution >= 0.6 is 0 Å². The highest BCUT2D eigenvalue weighted by molar-refractivity contribution is 5.94. The molecule has 0 spiro atoms. The number of hydrogen-bond acceptors (Lipinski definition) is 5. The summed E-state index contributed by atoms with van der Waals surface area (Å²) in [7, 11) is 0. The molecular formula is C21H19N5O2. The van der Waals surface area contributed by atoms with E-state index in [-0.39, 0.29) is 5.56 Å². The Morgan fingerprint density at radius 3 is 2.86 bits per heavy atom. The van der Waals surface area contributed by atoms with Crippen molar-refractivity contribution in [3.8, 4) is 11.3 Å². The van der Waals surface area contributed by atoms with Gasteiger partial charge in [0.25, 0.3) is 0 Å². The van der Waals surface area contributed by atoms with Crippen molar-refractivity contribution in [1.82, 2.24) is 20.2 Å². The van der Waals surface area contributed by atoms with E-state index in [1.165, 1.54) is 0 Å². The number of benzene rings is 2. The Morgan fingerprint density at radius 1 is 1.18 bits per heavy atom. The maximum atomic E-state index is 11.4. The summed E-state index contributed by atoms with van der Waals surface area (Å²) < 4.78 is 0. The largest absolute Gasteiger partial charge is 0.478 e. The summed E-state index contributed by atoms with van der Waals surface area (Å²) in [4.78, 5) is 23.4. The minimum Gasteiger partial charge on any atom is -0.478 e. The quantitative estimate of drug-likeness (QED) is 0.566. The van der Waals surface area contributed by atoms with Crippen molar-refractivity contribution in [1.29, 1.82) is 0 Å². The van der Waals surface area contributed by atoms with Crippen LogP contribution in [0.2, 0.25) is 0 Å². The Kier molecular flexibility index (Phi) is 3.75. The monoisotopic (exact) mass is 373 g/mol. The number of aromatic nitrogens is 4. The fourth-order valence-electron chi connectivity index (χ4n) is 3.91. The molecule has 7 heteroatoms. The summed E-state index contributed by atoms with van der Waals surface area (Å²) in [6.45, 7) is 3.11. The molecule has 1 atom stereocenters. The molecule has 2 aromatic heterocycles. The molecule has 4 aromatic rings. The first kappa shape index (κ1) is 16.7. The van der Waals surface area contributed by atoms with Crippen molar-refractivity contribution >= 4 is 33.7 Å². The minimum absolute atomic E-state index is 0.217. The summed E-state index contributed by atoms with van der Waals surface area (Å²) in [5, 5.41) is 17.4. The Labute approximate surface area is 161 Å². The maximum absolute atomic E-state index is 11.4. The topological polar surface area (TPSA) is 95.0 Å². The average molecular weight is 373 g/mol. The summed E-state index contributed by atoms with van der Waals surface area (Å²) in [5.74, 6) is -0.155. The molecule has 1 saturated heterocycles. The summed E-state index contributed by atoms with van der Waals surface area (Å²) in [5.41, 5.74) is 4.26. The van der Waals surface area contributed by atoms with Crippen LogP contribution in [-0.2, 0) is 0 Å². The van der Waals surface area contributed by atoms with Crippen LogP contribution in [0.1, 0.15) is 30.1 Å². The number of H-pyrrole nitrogens is 1. The lowest BCUT2D eigenvalue weighted by atomic mass is 10.1. The van der Waals surface area contributed by atoms with Crippen LogP contribution in [0.25, 0.3) is 33.2 Å². The van der Waals surface area contributed by atoms with E-state index >= 15 is 0 Å². The molecule has 2 aromatic carbocycles. The molecule has 0 saturated carbocycles. The highest BCUT2D eigenvalue weighted by atomic mass is 16.4. The normalized spacial score (nSPS) is 16.9. The highest BCUT2D eigenvalue weighted by Crippen LogP contribution is 2.35. The number of aromatic carboxylic acids is 1. The first-order valence-corrected chi connectivity index (χ1v) is 9.35. The minimum atomic E-state index is -0.964. The van der Waals surface area contributed by atoms with E-state index < -0.39 is 5.97 Å². The van der Waals surface area contributed by atoms with Gasteiger partial charge in [-0.1, -0.05) is 6.07 Å². The third-order valence-electron chi connectivity index (χ3n) is 5.43. The third-order valence-corrected chi connectivity index (χ3v) is 5.43. The molecule has 3 heterocycles. The maximum Gasteiger partial charge on any atom is 0.335 e. The summed E-state index contributed by atoms with van der Waals surface area (Å²) >= 11 is 0. The summed E-state index contributed by atoms with van der Waals surface area (Å²) in [6, 6.07) is 11.3. The number of nitrogens with zero attached hydrogens (tertiary/aromatic N) is 4. The Bertz CT molecular complexity index is 1220. The molecule has 28 heavy (non-hydrogen) atoms. The molecule has 140 valence electrons. The van der Waals surface area contributed by atoms with Crippen molar-refractivity contribution in [2.75, 3.05) is 11.4 Å². The number of nitrogens with one attached hydrogen (secondary N) is 1. The number of hydrogen-bond donors (Lipinski definition) is 2. The number of carboxylic acid groups (broad SMARTS) is 1. The molecule has 0 amide bonds. The van der Waals surface area contributed by atoms with Gasteiger partial charge in [-0.2, -0.15) is 5.10 Å². The van der Waals surface area contributed by atoms with E-state index in [0.29, 0.717) is 17.1 Å². The molecule has 1 aliphatic rings. The van der Waals surface area contributed by atoms with E-state index in [9.17, 15) is 9.90 Å². The zero-order valence-corrected chi connectivity index (χ0v) is 15.4. The molecule has 1 unspecified atom stereocenters. The predicted octanol–water partition coefficient (Wildman–Crippen LogP) is 3.86. The second-order valence-electron chi connectivity index (χ2n) is 7.26. The predicted molar refractivity (Wildman–Crippen MR) is 108 cm³/mol. The number of anilines is 1. The fraction of sp³-hybridized carbons (Fsp3) is 0.238. The molecule has 0 bridgehead atoms. The smallest absolute Gasteiger partial charge is 0.335 e. The van der Waals surface area contributed by atoms with Crippen LogP contribution in [0, 0.1) is 0 Å². The Hall–Kier alpha value is -3.48. The zero-order valence-electron chi connectivity index (χ0n) is 15.4. The molecule has 5 rings (SSSR count). The van der Waals surface area contributed by atoms with Crippen LogP contribution < -0.4 is 4.90 Å². The van der Waals surface area contributed by atoms with E-state index in [0.717, 1.165) is 47.4 Å².